The summed E-state index contributed by atoms with van der Waals surface area (Å²) in [7, 11) is 0. The number of aliphatic carboxylic acids is 1. The lowest BCUT2D eigenvalue weighted by Crippen LogP contribution is -2.17. The molecule has 86 valence electrons. The smallest absolute Gasteiger partial charge is 0.343 e. The molecule has 0 aliphatic rings. The quantitative estimate of drug-likeness (QED) is 0.637. The fraction of sp³-hybridized carbons (Fsp3) is 0.273. The van der Waals surface area contributed by atoms with E-state index in [2.05, 4.69) is 0 Å². The van der Waals surface area contributed by atoms with Gasteiger partial charge in [0.15, 0.2) is 0 Å². The van der Waals surface area contributed by atoms with Crippen LogP contribution in [0.15, 0.2) is 24.3 Å². The van der Waals surface area contributed by atoms with Crippen LogP contribution in [-0.2, 0) is 11.2 Å². The Kier molecular flexibility index (Phi) is 4.92. The van der Waals surface area contributed by atoms with Gasteiger partial charge in [0, 0.05) is 6.42 Å². The summed E-state index contributed by atoms with van der Waals surface area (Å²) in [6, 6.07) is 7.82. The summed E-state index contributed by atoms with van der Waals surface area (Å²) >= 11 is 5.80. The fourth-order valence-electron chi connectivity index (χ4n) is 1.09. The number of aliphatic hydroxyl groups excluding tert-OH is 1. The van der Waals surface area contributed by atoms with E-state index < -0.39 is 11.4 Å². The zero-order valence-electron chi connectivity index (χ0n) is 8.71. The lowest BCUT2D eigenvalue weighted by molar-refractivity contribution is -0.141. The van der Waals surface area contributed by atoms with Crippen molar-refractivity contribution in [3.05, 3.63) is 35.4 Å². The molecule has 1 aromatic carbocycles. The molecule has 0 saturated carbocycles. The number of aryl methyl sites for hydroxylation is 1. The second kappa shape index (κ2) is 5.98. The Morgan fingerprint density at radius 3 is 2.50 bits per heavy atom. The Labute approximate surface area is 103 Å². The van der Waals surface area contributed by atoms with Gasteiger partial charge in [0.05, 0.1) is 4.20 Å². The molecule has 0 aliphatic heterocycles. The topological polar surface area (TPSA) is 57.5 Å². The second-order valence-electron chi connectivity index (χ2n) is 3.34. The number of carbonyl (C=O) groups is 1. The summed E-state index contributed by atoms with van der Waals surface area (Å²) in [5.74, 6) is -1.27. The summed E-state index contributed by atoms with van der Waals surface area (Å²) in [4.78, 5) is 10.4. The second-order valence-corrected chi connectivity index (χ2v) is 5.27. The van der Waals surface area contributed by atoms with Crippen LogP contribution in [0.2, 0.25) is 0 Å². The molecule has 0 heterocycles. The number of hydrogen-bond donors (Lipinski definition) is 2. The van der Waals surface area contributed by atoms with Gasteiger partial charge >= 0.3 is 5.97 Å². The molecule has 16 heavy (non-hydrogen) atoms. The molecular weight excluding hydrogens is 244 g/mol. The first-order valence-corrected chi connectivity index (χ1v) is 5.93. The molecule has 1 unspecified atom stereocenters. The molecule has 0 spiro atoms. The van der Waals surface area contributed by atoms with Gasteiger partial charge in [0.25, 0.3) is 0 Å². The van der Waals surface area contributed by atoms with Gasteiger partial charge in [-0.3, -0.25) is 0 Å². The molecule has 1 atom stereocenters. The Bertz CT molecular complexity index is 387. The van der Waals surface area contributed by atoms with Gasteiger partial charge in [0.2, 0.25) is 5.44 Å². The van der Waals surface area contributed by atoms with Gasteiger partial charge in [-0.1, -0.05) is 53.8 Å². The SMILES string of the molecule is Cc1ccc(CC(=S)SC(O)C(=O)O)cc1. The van der Waals surface area contributed by atoms with E-state index in [1.165, 1.54) is 0 Å². The van der Waals surface area contributed by atoms with Crippen LogP contribution in [0, 0.1) is 6.92 Å². The van der Waals surface area contributed by atoms with E-state index >= 15 is 0 Å². The van der Waals surface area contributed by atoms with Gasteiger partial charge in [-0.05, 0) is 12.5 Å². The minimum atomic E-state index is -1.47. The maximum absolute atomic E-state index is 10.4. The first kappa shape index (κ1) is 13.2. The Balaban J connectivity index is 2.52. The zero-order chi connectivity index (χ0) is 12.1. The van der Waals surface area contributed by atoms with Crippen molar-refractivity contribution >= 4 is 34.1 Å². The highest BCUT2D eigenvalue weighted by molar-refractivity contribution is 8.23. The van der Waals surface area contributed by atoms with Crippen LogP contribution in [0.1, 0.15) is 11.1 Å². The normalized spacial score (nSPS) is 12.1. The molecule has 0 saturated heterocycles. The molecule has 5 heteroatoms. The van der Waals surface area contributed by atoms with Gasteiger partial charge < -0.3 is 10.2 Å². The van der Waals surface area contributed by atoms with E-state index in [9.17, 15) is 4.79 Å². The summed E-state index contributed by atoms with van der Waals surface area (Å²) in [6.07, 6.45) is 0.491. The lowest BCUT2D eigenvalue weighted by atomic mass is 10.1. The Morgan fingerprint density at radius 2 is 2.00 bits per heavy atom. The van der Waals surface area contributed by atoms with Gasteiger partial charge in [-0.25, -0.2) is 4.79 Å². The summed E-state index contributed by atoms with van der Waals surface area (Å²) in [5.41, 5.74) is 0.700. The third-order valence-corrected chi connectivity index (χ3v) is 3.19. The van der Waals surface area contributed by atoms with Crippen molar-refractivity contribution in [3.63, 3.8) is 0 Å². The molecule has 0 radical (unpaired) electrons. The minimum Gasteiger partial charge on any atom is -0.479 e. The predicted octanol–water partition coefficient (Wildman–Crippen LogP) is 2.00. The summed E-state index contributed by atoms with van der Waals surface area (Å²) < 4.78 is 0.471. The van der Waals surface area contributed by atoms with Crippen LogP contribution in [0.4, 0.5) is 0 Å². The van der Waals surface area contributed by atoms with Crippen molar-refractivity contribution in [2.45, 2.75) is 18.8 Å². The predicted molar refractivity (Wildman–Crippen MR) is 68.7 cm³/mol. The third kappa shape index (κ3) is 4.30. The molecule has 1 aromatic rings. The number of aliphatic hydroxyl groups is 1. The van der Waals surface area contributed by atoms with E-state index in [-0.39, 0.29) is 0 Å². The zero-order valence-corrected chi connectivity index (χ0v) is 10.3. The molecule has 0 bridgehead atoms. The van der Waals surface area contributed by atoms with E-state index in [1.807, 2.05) is 31.2 Å². The number of hydrogen-bond acceptors (Lipinski definition) is 4. The van der Waals surface area contributed by atoms with Crippen molar-refractivity contribution in [1.29, 1.82) is 0 Å². The Morgan fingerprint density at radius 1 is 1.44 bits per heavy atom. The number of thiocarbonyl (C=S) groups is 1. The molecule has 0 aliphatic carbocycles. The molecule has 1 rings (SSSR count). The lowest BCUT2D eigenvalue weighted by Gasteiger charge is -2.06. The van der Waals surface area contributed by atoms with E-state index in [4.69, 9.17) is 22.4 Å². The summed E-state index contributed by atoms with van der Waals surface area (Å²) in [6.45, 7) is 1.99. The standard InChI is InChI=1S/C11H12O3S2/c1-7-2-4-8(5-3-7)6-9(15)16-11(14)10(12)13/h2-5,11,14H,6H2,1H3,(H,12,13). The highest BCUT2D eigenvalue weighted by Crippen LogP contribution is 2.16. The van der Waals surface area contributed by atoms with Crippen LogP contribution in [0.3, 0.4) is 0 Å². The Hall–Kier alpha value is -0.910. The average molecular weight is 256 g/mol. The largest absolute Gasteiger partial charge is 0.479 e. The van der Waals surface area contributed by atoms with Crippen LogP contribution in [0.25, 0.3) is 0 Å². The van der Waals surface area contributed by atoms with Crippen molar-refractivity contribution in [2.24, 2.45) is 0 Å². The maximum atomic E-state index is 10.4. The van der Waals surface area contributed by atoms with Crippen molar-refractivity contribution < 1.29 is 15.0 Å². The van der Waals surface area contributed by atoms with Crippen LogP contribution >= 0.6 is 24.0 Å². The summed E-state index contributed by atoms with van der Waals surface area (Å²) in [5, 5.41) is 17.6. The molecule has 0 aromatic heterocycles. The number of rotatable bonds is 4. The highest BCUT2D eigenvalue weighted by atomic mass is 32.2. The number of carboxylic acid groups (broad SMARTS) is 1. The van der Waals surface area contributed by atoms with Crippen molar-refractivity contribution in [3.8, 4) is 0 Å². The van der Waals surface area contributed by atoms with Gasteiger partial charge in [-0.15, -0.1) is 0 Å². The van der Waals surface area contributed by atoms with Crippen molar-refractivity contribution in [1.82, 2.24) is 0 Å². The van der Waals surface area contributed by atoms with E-state index in [0.29, 0.717) is 10.6 Å². The van der Waals surface area contributed by atoms with Gasteiger partial charge in [0.1, 0.15) is 0 Å². The minimum absolute atomic E-state index is 0.471. The monoisotopic (exact) mass is 256 g/mol. The molecular formula is C11H12O3S2. The highest BCUT2D eigenvalue weighted by Gasteiger charge is 2.16. The number of carboxylic acids is 1. The molecule has 2 N–H and O–H groups in total. The fourth-order valence-corrected chi connectivity index (χ4v) is 2.13. The molecule has 3 nitrogen and oxygen atoms in total. The average Bonchev–Trinajstić information content (AvgIpc) is 2.21. The maximum Gasteiger partial charge on any atom is 0.343 e. The number of benzene rings is 1. The third-order valence-electron chi connectivity index (χ3n) is 1.92. The van der Waals surface area contributed by atoms with Crippen molar-refractivity contribution in [2.75, 3.05) is 0 Å². The van der Waals surface area contributed by atoms with E-state index in [1.54, 1.807) is 0 Å². The van der Waals surface area contributed by atoms with Crippen LogP contribution in [-0.4, -0.2) is 25.8 Å². The molecule has 0 fully saturated rings. The van der Waals surface area contributed by atoms with Crippen LogP contribution < -0.4 is 0 Å². The first-order chi connectivity index (χ1) is 7.49. The molecule has 0 amide bonds. The van der Waals surface area contributed by atoms with Crippen LogP contribution in [0.5, 0.6) is 0 Å². The van der Waals surface area contributed by atoms with Gasteiger partial charge in [-0.2, -0.15) is 0 Å². The van der Waals surface area contributed by atoms with E-state index in [0.717, 1.165) is 22.9 Å². The first-order valence-electron chi connectivity index (χ1n) is 4.65. The number of thioether (sulfide) groups is 1.